The lowest BCUT2D eigenvalue weighted by Crippen LogP contribution is -2.54. The first kappa shape index (κ1) is 16.4. The molecule has 1 aromatic rings. The van der Waals surface area contributed by atoms with Crippen molar-refractivity contribution in [2.75, 3.05) is 39.1 Å². The Bertz CT molecular complexity index is 364. The summed E-state index contributed by atoms with van der Waals surface area (Å²) in [5, 5.41) is 13.3. The third-order valence-corrected chi connectivity index (χ3v) is 5.77. The van der Waals surface area contributed by atoms with E-state index in [4.69, 9.17) is 24.9 Å². The number of rotatable bonds is 8. The highest BCUT2D eigenvalue weighted by atomic mass is 35.5. The van der Waals surface area contributed by atoms with Crippen molar-refractivity contribution in [3.8, 4) is 0 Å². The molecule has 5 nitrogen and oxygen atoms in total. The van der Waals surface area contributed by atoms with Crippen LogP contribution in [0.5, 0.6) is 0 Å². The molecule has 0 spiro atoms. The maximum atomic E-state index is 9.37. The van der Waals surface area contributed by atoms with E-state index in [1.165, 1.54) is 0 Å². The standard InChI is InChI=1S/C12H20ClNO4Si/c1-16-19(17-2,18-3)12-6-4-10(5-7-12)14-9-11(15)8-13/h4-7,11,14-15H,8-9H2,1-3H3. The summed E-state index contributed by atoms with van der Waals surface area (Å²) in [6.45, 7) is 0.407. The molecule has 1 aromatic carbocycles. The number of aliphatic hydroxyl groups excluding tert-OH is 1. The van der Waals surface area contributed by atoms with Gasteiger partial charge in [0.05, 0.1) is 12.0 Å². The van der Waals surface area contributed by atoms with Crippen molar-refractivity contribution in [2.24, 2.45) is 0 Å². The number of anilines is 1. The Morgan fingerprint density at radius 2 is 1.68 bits per heavy atom. The van der Waals surface area contributed by atoms with Gasteiger partial charge in [-0.3, -0.25) is 0 Å². The van der Waals surface area contributed by atoms with Crippen LogP contribution in [-0.4, -0.2) is 53.8 Å². The van der Waals surface area contributed by atoms with Crippen LogP contribution in [0.15, 0.2) is 24.3 Å². The van der Waals surface area contributed by atoms with Crippen LogP contribution >= 0.6 is 11.6 Å². The molecule has 0 fully saturated rings. The summed E-state index contributed by atoms with van der Waals surface area (Å²) in [5.74, 6) is 0.206. The van der Waals surface area contributed by atoms with Crippen LogP contribution in [-0.2, 0) is 13.3 Å². The summed E-state index contributed by atoms with van der Waals surface area (Å²) in [5.41, 5.74) is 0.888. The second kappa shape index (κ2) is 7.84. The zero-order chi connectivity index (χ0) is 14.3. The van der Waals surface area contributed by atoms with Crippen molar-refractivity contribution in [2.45, 2.75) is 6.10 Å². The van der Waals surface area contributed by atoms with E-state index >= 15 is 0 Å². The molecule has 0 saturated carbocycles. The van der Waals surface area contributed by atoms with Gasteiger partial charge in [-0.25, -0.2) is 0 Å². The number of aliphatic hydroxyl groups is 1. The summed E-state index contributed by atoms with van der Waals surface area (Å²) < 4.78 is 16.2. The highest BCUT2D eigenvalue weighted by molar-refractivity contribution is 6.75. The van der Waals surface area contributed by atoms with Crippen LogP contribution in [0.4, 0.5) is 5.69 Å². The minimum atomic E-state index is -2.77. The second-order valence-electron chi connectivity index (χ2n) is 3.93. The number of hydrogen-bond donors (Lipinski definition) is 2. The summed E-state index contributed by atoms with van der Waals surface area (Å²) in [4.78, 5) is 0. The Hall–Kier alpha value is -0.633. The molecule has 1 unspecified atom stereocenters. The van der Waals surface area contributed by atoms with Gasteiger partial charge in [-0.2, -0.15) is 0 Å². The van der Waals surface area contributed by atoms with Crippen molar-refractivity contribution in [1.29, 1.82) is 0 Å². The Morgan fingerprint density at radius 3 is 2.11 bits per heavy atom. The molecule has 19 heavy (non-hydrogen) atoms. The summed E-state index contributed by atoms with van der Waals surface area (Å²) in [6, 6.07) is 7.54. The third kappa shape index (κ3) is 4.17. The lowest BCUT2D eigenvalue weighted by molar-refractivity contribution is 0.140. The highest BCUT2D eigenvalue weighted by Crippen LogP contribution is 2.11. The van der Waals surface area contributed by atoms with Crippen molar-refractivity contribution >= 4 is 31.3 Å². The van der Waals surface area contributed by atoms with Gasteiger partial charge in [0.2, 0.25) is 0 Å². The van der Waals surface area contributed by atoms with Gasteiger partial charge in [0, 0.05) is 38.7 Å². The topological polar surface area (TPSA) is 60.0 Å². The van der Waals surface area contributed by atoms with Crippen molar-refractivity contribution in [3.05, 3.63) is 24.3 Å². The molecule has 0 saturated heterocycles. The molecule has 0 radical (unpaired) electrons. The molecule has 0 aliphatic heterocycles. The number of halogens is 1. The zero-order valence-corrected chi connectivity index (χ0v) is 13.1. The average molecular weight is 306 g/mol. The molecule has 0 aliphatic rings. The van der Waals surface area contributed by atoms with Crippen LogP contribution in [0.25, 0.3) is 0 Å². The minimum Gasteiger partial charge on any atom is -0.390 e. The Kier molecular flexibility index (Phi) is 6.77. The van der Waals surface area contributed by atoms with Gasteiger partial charge < -0.3 is 23.7 Å². The van der Waals surface area contributed by atoms with E-state index in [9.17, 15) is 5.11 Å². The molecule has 0 heterocycles. The first-order valence-electron chi connectivity index (χ1n) is 5.85. The maximum Gasteiger partial charge on any atom is 0.536 e. The Balaban J connectivity index is 2.75. The van der Waals surface area contributed by atoms with Gasteiger partial charge in [0.25, 0.3) is 0 Å². The normalized spacial score (nSPS) is 13.3. The zero-order valence-electron chi connectivity index (χ0n) is 11.4. The number of hydrogen-bond acceptors (Lipinski definition) is 5. The van der Waals surface area contributed by atoms with Gasteiger partial charge in [-0.15, -0.1) is 11.6 Å². The average Bonchev–Trinajstić information content (AvgIpc) is 2.48. The lowest BCUT2D eigenvalue weighted by Gasteiger charge is -2.24. The van der Waals surface area contributed by atoms with Crippen LogP contribution < -0.4 is 10.5 Å². The quantitative estimate of drug-likeness (QED) is 0.549. The number of benzene rings is 1. The van der Waals surface area contributed by atoms with Gasteiger partial charge in [-0.1, -0.05) is 12.1 Å². The summed E-state index contributed by atoms with van der Waals surface area (Å²) in [7, 11) is 1.95. The molecule has 1 atom stereocenters. The highest BCUT2D eigenvalue weighted by Gasteiger charge is 2.40. The SMILES string of the molecule is CO[Si](OC)(OC)c1ccc(NCC(O)CCl)cc1. The number of alkyl halides is 1. The predicted octanol–water partition coefficient (Wildman–Crippen LogP) is 0.783. The Labute approximate surface area is 119 Å². The van der Waals surface area contributed by atoms with E-state index in [0.29, 0.717) is 6.54 Å². The largest absolute Gasteiger partial charge is 0.536 e. The van der Waals surface area contributed by atoms with Gasteiger partial charge in [0.1, 0.15) is 0 Å². The molecule has 7 heteroatoms. The van der Waals surface area contributed by atoms with E-state index in [1.54, 1.807) is 21.3 Å². The molecule has 0 aromatic heterocycles. The molecule has 0 bridgehead atoms. The third-order valence-electron chi connectivity index (χ3n) is 2.76. The van der Waals surface area contributed by atoms with Crippen molar-refractivity contribution < 1.29 is 18.4 Å². The van der Waals surface area contributed by atoms with Gasteiger partial charge >= 0.3 is 8.80 Å². The fourth-order valence-corrected chi connectivity index (χ4v) is 3.58. The minimum absolute atomic E-state index is 0.206. The number of nitrogens with one attached hydrogen (secondary N) is 1. The van der Waals surface area contributed by atoms with Gasteiger partial charge in [0.15, 0.2) is 0 Å². The maximum absolute atomic E-state index is 9.37. The first-order chi connectivity index (χ1) is 9.11. The van der Waals surface area contributed by atoms with Crippen molar-refractivity contribution in [3.63, 3.8) is 0 Å². The van der Waals surface area contributed by atoms with Crippen LogP contribution in [0.2, 0.25) is 0 Å². The molecule has 0 amide bonds. The molecule has 1 rings (SSSR count). The van der Waals surface area contributed by atoms with E-state index in [0.717, 1.165) is 10.9 Å². The van der Waals surface area contributed by atoms with E-state index in [1.807, 2.05) is 24.3 Å². The lowest BCUT2D eigenvalue weighted by atomic mass is 10.3. The van der Waals surface area contributed by atoms with E-state index in [-0.39, 0.29) is 5.88 Å². The summed E-state index contributed by atoms with van der Waals surface area (Å²) >= 11 is 5.53. The molecule has 0 aliphatic carbocycles. The van der Waals surface area contributed by atoms with Gasteiger partial charge in [-0.05, 0) is 12.1 Å². The van der Waals surface area contributed by atoms with Crippen molar-refractivity contribution in [1.82, 2.24) is 0 Å². The first-order valence-corrected chi connectivity index (χ1v) is 8.11. The fourth-order valence-electron chi connectivity index (χ4n) is 1.69. The molecular formula is C12H20ClNO4Si. The van der Waals surface area contributed by atoms with Crippen LogP contribution in [0.3, 0.4) is 0 Å². The molecule has 108 valence electrons. The molecular weight excluding hydrogens is 286 g/mol. The summed E-state index contributed by atoms with van der Waals surface area (Å²) in [6.07, 6.45) is -0.563. The monoisotopic (exact) mass is 305 g/mol. The molecule has 2 N–H and O–H groups in total. The van der Waals surface area contributed by atoms with E-state index in [2.05, 4.69) is 5.32 Å². The smallest absolute Gasteiger partial charge is 0.390 e. The second-order valence-corrected chi connectivity index (χ2v) is 7.16. The predicted molar refractivity (Wildman–Crippen MR) is 78.1 cm³/mol. The van der Waals surface area contributed by atoms with Crippen LogP contribution in [0, 0.1) is 0 Å². The Morgan fingerprint density at radius 1 is 1.16 bits per heavy atom. The van der Waals surface area contributed by atoms with E-state index < -0.39 is 14.9 Å². The van der Waals surface area contributed by atoms with Crippen LogP contribution in [0.1, 0.15) is 0 Å². The fraction of sp³-hybridized carbons (Fsp3) is 0.500.